The van der Waals surface area contributed by atoms with Crippen LogP contribution >= 0.6 is 0 Å². The zero-order valence-electron chi connectivity index (χ0n) is 16.5. The number of carbonyl (C=O) groups is 1. The largest absolute Gasteiger partial charge is 0.274 e. The molecule has 8 heteroatoms. The van der Waals surface area contributed by atoms with Crippen LogP contribution < -0.4 is 4.72 Å². The number of nitrogens with one attached hydrogen (secondary N) is 1. The Balaban J connectivity index is 1.89. The van der Waals surface area contributed by atoms with Crippen molar-refractivity contribution in [3.8, 4) is 11.1 Å². The van der Waals surface area contributed by atoms with Gasteiger partial charge in [-0.05, 0) is 30.5 Å². The van der Waals surface area contributed by atoms with E-state index in [2.05, 4.69) is 14.8 Å². The molecule has 3 aromatic rings. The summed E-state index contributed by atoms with van der Waals surface area (Å²) in [5, 5.41) is 4.08. The van der Waals surface area contributed by atoms with E-state index in [1.54, 1.807) is 23.1 Å². The maximum absolute atomic E-state index is 12.8. The van der Waals surface area contributed by atoms with Crippen LogP contribution in [0.5, 0.6) is 0 Å². The van der Waals surface area contributed by atoms with Gasteiger partial charge in [-0.15, -0.1) is 0 Å². The lowest BCUT2D eigenvalue weighted by atomic mass is 10.0. The van der Waals surface area contributed by atoms with Crippen LogP contribution in [-0.4, -0.2) is 29.1 Å². The zero-order chi connectivity index (χ0) is 20.9. The van der Waals surface area contributed by atoms with Gasteiger partial charge in [-0.3, -0.25) is 4.79 Å². The Bertz CT molecular complexity index is 1080. The van der Waals surface area contributed by atoms with Crippen molar-refractivity contribution in [1.29, 1.82) is 0 Å². The molecule has 3 rings (SSSR count). The highest BCUT2D eigenvalue weighted by Gasteiger charge is 2.22. The molecule has 1 heterocycles. The normalized spacial score (nSPS) is 11.4. The number of nitrogens with zero attached hydrogens (tertiary/aromatic N) is 3. The molecule has 0 unspecified atom stereocenters. The Hall–Kier alpha value is -3.00. The van der Waals surface area contributed by atoms with E-state index in [-0.39, 0.29) is 11.3 Å². The highest BCUT2D eigenvalue weighted by molar-refractivity contribution is 7.90. The lowest BCUT2D eigenvalue weighted by molar-refractivity contribution is -0.119. The van der Waals surface area contributed by atoms with E-state index in [4.69, 9.17) is 0 Å². The number of unbranched alkanes of at least 4 members (excludes halogenated alkanes) is 1. The first-order valence-corrected chi connectivity index (χ1v) is 11.0. The summed E-state index contributed by atoms with van der Waals surface area (Å²) in [5.74, 6) is -0.485. The number of aromatic nitrogens is 3. The summed E-state index contributed by atoms with van der Waals surface area (Å²) in [6.07, 6.45) is 4.78. The van der Waals surface area contributed by atoms with Gasteiger partial charge in [-0.1, -0.05) is 55.3 Å². The second-order valence-electron chi connectivity index (χ2n) is 6.92. The minimum absolute atomic E-state index is 0.0944. The van der Waals surface area contributed by atoms with Crippen molar-refractivity contribution in [2.75, 3.05) is 0 Å². The van der Waals surface area contributed by atoms with E-state index >= 15 is 0 Å². The molecule has 2 aromatic carbocycles. The number of carbonyl (C=O) groups excluding carboxylic acids is 1. The Kier molecular flexibility index (Phi) is 6.43. The fraction of sp³-hybridized carbons (Fsp3) is 0.286. The summed E-state index contributed by atoms with van der Waals surface area (Å²) >= 11 is 0. The van der Waals surface area contributed by atoms with Gasteiger partial charge in [0.25, 0.3) is 10.0 Å². The first kappa shape index (κ1) is 20.7. The minimum atomic E-state index is -3.96. The van der Waals surface area contributed by atoms with Gasteiger partial charge in [0.15, 0.2) is 0 Å². The van der Waals surface area contributed by atoms with Crippen molar-refractivity contribution >= 4 is 15.9 Å². The maximum Gasteiger partial charge on any atom is 0.264 e. The first-order chi connectivity index (χ1) is 13.9. The highest BCUT2D eigenvalue weighted by Crippen LogP contribution is 2.29. The lowest BCUT2D eigenvalue weighted by Crippen LogP contribution is -2.30. The van der Waals surface area contributed by atoms with Gasteiger partial charge in [0.2, 0.25) is 5.91 Å². The topological polar surface area (TPSA) is 94.0 Å². The number of sulfonamides is 1. The Morgan fingerprint density at radius 1 is 1.14 bits per heavy atom. The summed E-state index contributed by atoms with van der Waals surface area (Å²) in [6, 6.07) is 12.7. The lowest BCUT2D eigenvalue weighted by Gasteiger charge is -2.13. The van der Waals surface area contributed by atoms with Gasteiger partial charge in [-0.25, -0.2) is 22.8 Å². The molecule has 1 N–H and O–H groups in total. The summed E-state index contributed by atoms with van der Waals surface area (Å²) in [4.78, 5) is 16.0. The molecule has 0 saturated heterocycles. The quantitative estimate of drug-likeness (QED) is 0.613. The summed E-state index contributed by atoms with van der Waals surface area (Å²) in [6.45, 7) is 4.43. The molecule has 1 aromatic heterocycles. The third-order valence-corrected chi connectivity index (χ3v) is 5.94. The number of benzene rings is 2. The predicted molar refractivity (Wildman–Crippen MR) is 111 cm³/mol. The van der Waals surface area contributed by atoms with E-state index in [9.17, 15) is 13.2 Å². The Morgan fingerprint density at radius 3 is 2.55 bits per heavy atom. The van der Waals surface area contributed by atoms with E-state index in [0.29, 0.717) is 18.5 Å². The van der Waals surface area contributed by atoms with Gasteiger partial charge in [-0.2, -0.15) is 5.10 Å². The molecule has 0 fully saturated rings. The third-order valence-electron chi connectivity index (χ3n) is 4.51. The van der Waals surface area contributed by atoms with Crippen LogP contribution in [0.25, 0.3) is 11.1 Å². The summed E-state index contributed by atoms with van der Waals surface area (Å²) < 4.78 is 29.6. The molecule has 0 bridgehead atoms. The molecule has 29 heavy (non-hydrogen) atoms. The van der Waals surface area contributed by atoms with Crippen molar-refractivity contribution in [3.05, 3.63) is 66.2 Å². The number of amides is 1. The second kappa shape index (κ2) is 9.00. The maximum atomic E-state index is 12.8. The highest BCUT2D eigenvalue weighted by atomic mass is 32.2. The Morgan fingerprint density at radius 2 is 1.90 bits per heavy atom. The van der Waals surface area contributed by atoms with Crippen molar-refractivity contribution < 1.29 is 13.2 Å². The molecule has 0 atom stereocenters. The molecule has 0 radical (unpaired) electrons. The standard InChI is InChI=1S/C21H24N4O3S/c1-3-4-5-21(26)24-29(27,28)20-11-6-16(2)12-19(20)18-9-7-17(8-10-18)13-25-15-22-14-23-25/h6-12,14-15H,3-5,13H2,1-2H3,(H,24,26). The van der Waals surface area contributed by atoms with E-state index < -0.39 is 15.9 Å². The molecule has 0 aliphatic rings. The van der Waals surface area contributed by atoms with Crippen LogP contribution in [0, 0.1) is 6.92 Å². The molecule has 1 amide bonds. The molecule has 152 valence electrons. The van der Waals surface area contributed by atoms with E-state index in [1.807, 2.05) is 44.2 Å². The molecule has 0 saturated carbocycles. The molecule has 0 spiro atoms. The van der Waals surface area contributed by atoms with E-state index in [0.717, 1.165) is 23.1 Å². The van der Waals surface area contributed by atoms with Gasteiger partial charge < -0.3 is 0 Å². The monoisotopic (exact) mass is 412 g/mol. The van der Waals surface area contributed by atoms with Gasteiger partial charge >= 0.3 is 0 Å². The Labute approximate surface area is 170 Å². The number of hydrogen-bond acceptors (Lipinski definition) is 5. The smallest absolute Gasteiger partial charge is 0.264 e. The van der Waals surface area contributed by atoms with Gasteiger partial charge in [0, 0.05) is 12.0 Å². The molecule has 0 aliphatic carbocycles. The SMILES string of the molecule is CCCCC(=O)NS(=O)(=O)c1ccc(C)cc1-c1ccc(Cn2cncn2)cc1. The number of rotatable bonds is 8. The fourth-order valence-corrected chi connectivity index (χ4v) is 4.21. The molecular weight excluding hydrogens is 388 g/mol. The minimum Gasteiger partial charge on any atom is -0.274 e. The van der Waals surface area contributed by atoms with Crippen molar-refractivity contribution in [3.63, 3.8) is 0 Å². The molecule has 7 nitrogen and oxygen atoms in total. The van der Waals surface area contributed by atoms with Crippen LogP contribution in [0.4, 0.5) is 0 Å². The van der Waals surface area contributed by atoms with Gasteiger partial charge in [0.1, 0.15) is 12.7 Å². The van der Waals surface area contributed by atoms with Gasteiger partial charge in [0.05, 0.1) is 11.4 Å². The van der Waals surface area contributed by atoms with E-state index in [1.165, 1.54) is 6.33 Å². The third kappa shape index (κ3) is 5.29. The zero-order valence-corrected chi connectivity index (χ0v) is 17.3. The average Bonchev–Trinajstić information content (AvgIpc) is 3.19. The van der Waals surface area contributed by atoms with Crippen molar-refractivity contribution in [2.45, 2.75) is 44.6 Å². The number of hydrogen-bond donors (Lipinski definition) is 1. The summed E-state index contributed by atoms with van der Waals surface area (Å²) in [5.41, 5.74) is 3.28. The predicted octanol–water partition coefficient (Wildman–Crippen LogP) is 3.30. The van der Waals surface area contributed by atoms with Crippen molar-refractivity contribution in [1.82, 2.24) is 19.5 Å². The fourth-order valence-electron chi connectivity index (χ4n) is 2.99. The second-order valence-corrected chi connectivity index (χ2v) is 8.57. The van der Waals surface area contributed by atoms with Crippen molar-refractivity contribution in [2.24, 2.45) is 0 Å². The van der Waals surface area contributed by atoms with Crippen LogP contribution in [0.3, 0.4) is 0 Å². The van der Waals surface area contributed by atoms with Crippen LogP contribution in [0.2, 0.25) is 0 Å². The summed E-state index contributed by atoms with van der Waals surface area (Å²) in [7, 11) is -3.96. The van der Waals surface area contributed by atoms with Crippen LogP contribution in [-0.2, 0) is 21.4 Å². The molecule has 0 aliphatic heterocycles. The average molecular weight is 413 g/mol. The number of aryl methyl sites for hydroxylation is 1. The van der Waals surface area contributed by atoms with Crippen LogP contribution in [0.15, 0.2) is 60.0 Å². The van der Waals surface area contributed by atoms with Crippen LogP contribution in [0.1, 0.15) is 37.3 Å². The molecular formula is C21H24N4O3S. The first-order valence-electron chi connectivity index (χ1n) is 9.47.